The monoisotopic (exact) mass is 207 g/mol. The SMILES string of the molecule is OB(O)c1cncc2cccc(Cl)c12. The minimum absolute atomic E-state index is 0.327. The van der Waals surface area contributed by atoms with Gasteiger partial charge >= 0.3 is 7.12 Å². The van der Waals surface area contributed by atoms with Crippen LogP contribution in [0.3, 0.4) is 0 Å². The zero-order valence-electron chi connectivity index (χ0n) is 7.18. The Morgan fingerprint density at radius 3 is 2.71 bits per heavy atom. The number of nitrogens with zero attached hydrogens (tertiary/aromatic N) is 1. The van der Waals surface area contributed by atoms with E-state index in [9.17, 15) is 0 Å². The van der Waals surface area contributed by atoms with Crippen molar-refractivity contribution in [2.45, 2.75) is 0 Å². The molecule has 70 valence electrons. The number of hydrogen-bond donors (Lipinski definition) is 2. The van der Waals surface area contributed by atoms with Crippen LogP contribution in [0, 0.1) is 0 Å². The van der Waals surface area contributed by atoms with Crippen LogP contribution in [0.1, 0.15) is 0 Å². The van der Waals surface area contributed by atoms with Gasteiger partial charge < -0.3 is 10.0 Å². The fourth-order valence-electron chi connectivity index (χ4n) is 1.41. The molecule has 2 N–H and O–H groups in total. The summed E-state index contributed by atoms with van der Waals surface area (Å²) in [6, 6.07) is 5.32. The van der Waals surface area contributed by atoms with Crippen LogP contribution < -0.4 is 5.46 Å². The quantitative estimate of drug-likeness (QED) is 0.672. The zero-order valence-corrected chi connectivity index (χ0v) is 7.94. The highest BCUT2D eigenvalue weighted by Gasteiger charge is 2.16. The lowest BCUT2D eigenvalue weighted by atomic mass is 9.78. The largest absolute Gasteiger partial charge is 0.490 e. The third-order valence-corrected chi connectivity index (χ3v) is 2.35. The van der Waals surface area contributed by atoms with Crippen molar-refractivity contribution in [1.29, 1.82) is 0 Å². The lowest BCUT2D eigenvalue weighted by Crippen LogP contribution is -2.31. The predicted octanol–water partition coefficient (Wildman–Crippen LogP) is 0.568. The van der Waals surface area contributed by atoms with Gasteiger partial charge in [-0.1, -0.05) is 23.7 Å². The summed E-state index contributed by atoms with van der Waals surface area (Å²) in [6.07, 6.45) is 3.03. The summed E-state index contributed by atoms with van der Waals surface area (Å²) in [7, 11) is -1.55. The number of rotatable bonds is 1. The van der Waals surface area contributed by atoms with E-state index >= 15 is 0 Å². The first kappa shape index (κ1) is 9.46. The van der Waals surface area contributed by atoms with Gasteiger partial charge in [-0.05, 0) is 6.07 Å². The van der Waals surface area contributed by atoms with E-state index in [0.29, 0.717) is 15.9 Å². The molecule has 0 radical (unpaired) electrons. The molecule has 3 nitrogen and oxygen atoms in total. The molecular formula is C9H7BClNO2. The molecule has 0 spiro atoms. The van der Waals surface area contributed by atoms with E-state index in [4.69, 9.17) is 21.6 Å². The molecule has 0 aliphatic carbocycles. The lowest BCUT2D eigenvalue weighted by molar-refractivity contribution is 0.426. The Labute approximate surface area is 86.1 Å². The maximum Gasteiger partial charge on any atom is 0.490 e. The second-order valence-electron chi connectivity index (χ2n) is 2.94. The van der Waals surface area contributed by atoms with Crippen molar-refractivity contribution in [3.05, 3.63) is 35.6 Å². The molecule has 0 bridgehead atoms. The van der Waals surface area contributed by atoms with Crippen molar-refractivity contribution in [2.24, 2.45) is 0 Å². The van der Waals surface area contributed by atoms with Crippen LogP contribution in [-0.4, -0.2) is 22.2 Å². The molecule has 0 atom stereocenters. The van der Waals surface area contributed by atoms with Crippen molar-refractivity contribution in [2.75, 3.05) is 0 Å². The van der Waals surface area contributed by atoms with Crippen LogP contribution in [0.25, 0.3) is 10.8 Å². The van der Waals surface area contributed by atoms with Gasteiger partial charge in [-0.2, -0.15) is 0 Å². The van der Waals surface area contributed by atoms with Gasteiger partial charge in [0.2, 0.25) is 0 Å². The molecule has 0 unspecified atom stereocenters. The van der Waals surface area contributed by atoms with Gasteiger partial charge in [0.25, 0.3) is 0 Å². The van der Waals surface area contributed by atoms with Crippen molar-refractivity contribution in [3.63, 3.8) is 0 Å². The fourth-order valence-corrected chi connectivity index (χ4v) is 1.70. The number of halogens is 1. The Morgan fingerprint density at radius 2 is 2.00 bits per heavy atom. The first-order chi connectivity index (χ1) is 6.70. The Balaban J connectivity index is 2.84. The third-order valence-electron chi connectivity index (χ3n) is 2.04. The molecule has 0 aliphatic rings. The third kappa shape index (κ3) is 1.48. The lowest BCUT2D eigenvalue weighted by Gasteiger charge is -2.05. The predicted molar refractivity (Wildman–Crippen MR) is 56.6 cm³/mol. The Morgan fingerprint density at radius 1 is 1.21 bits per heavy atom. The van der Waals surface area contributed by atoms with Crippen LogP contribution >= 0.6 is 11.6 Å². The molecular weight excluding hydrogens is 200 g/mol. The highest BCUT2D eigenvalue weighted by Crippen LogP contribution is 2.20. The zero-order chi connectivity index (χ0) is 10.1. The number of benzene rings is 1. The average molecular weight is 207 g/mol. The van der Waals surface area contributed by atoms with Gasteiger partial charge in [-0.25, -0.2) is 0 Å². The highest BCUT2D eigenvalue weighted by molar-refractivity contribution is 6.63. The van der Waals surface area contributed by atoms with Crippen LogP contribution in [-0.2, 0) is 0 Å². The van der Waals surface area contributed by atoms with Gasteiger partial charge in [0.15, 0.2) is 0 Å². The van der Waals surface area contributed by atoms with E-state index < -0.39 is 7.12 Å². The molecule has 0 fully saturated rings. The minimum Gasteiger partial charge on any atom is -0.423 e. The summed E-state index contributed by atoms with van der Waals surface area (Å²) in [5.41, 5.74) is 0.327. The van der Waals surface area contributed by atoms with Gasteiger partial charge in [-0.3, -0.25) is 4.98 Å². The van der Waals surface area contributed by atoms with E-state index in [0.717, 1.165) is 5.39 Å². The van der Waals surface area contributed by atoms with Gasteiger partial charge in [-0.15, -0.1) is 0 Å². The summed E-state index contributed by atoms with van der Waals surface area (Å²) < 4.78 is 0. The summed E-state index contributed by atoms with van der Waals surface area (Å²) in [5.74, 6) is 0. The van der Waals surface area contributed by atoms with Gasteiger partial charge in [0.1, 0.15) is 0 Å². The second-order valence-corrected chi connectivity index (χ2v) is 3.35. The maximum absolute atomic E-state index is 9.10. The molecule has 2 rings (SSSR count). The molecule has 14 heavy (non-hydrogen) atoms. The Hall–Kier alpha value is -1.10. The summed E-state index contributed by atoms with van der Waals surface area (Å²) in [5, 5.41) is 20.1. The fraction of sp³-hybridized carbons (Fsp3) is 0. The normalized spacial score (nSPS) is 10.5. The molecule has 1 aromatic carbocycles. The summed E-state index contributed by atoms with van der Waals surface area (Å²) in [4.78, 5) is 3.90. The summed E-state index contributed by atoms with van der Waals surface area (Å²) >= 11 is 5.96. The standard InChI is InChI=1S/C9H7BClNO2/c11-8-3-1-2-6-4-12-5-7(9(6)8)10(13)14/h1-5,13-14H. The Bertz CT molecular complexity index is 470. The average Bonchev–Trinajstić information content (AvgIpc) is 2.17. The minimum atomic E-state index is -1.55. The molecule has 0 aliphatic heterocycles. The van der Waals surface area contributed by atoms with Crippen molar-refractivity contribution < 1.29 is 10.0 Å². The van der Waals surface area contributed by atoms with E-state index in [2.05, 4.69) is 4.98 Å². The summed E-state index contributed by atoms with van der Waals surface area (Å²) in [6.45, 7) is 0. The molecule has 0 saturated heterocycles. The van der Waals surface area contributed by atoms with E-state index in [-0.39, 0.29) is 0 Å². The van der Waals surface area contributed by atoms with Crippen molar-refractivity contribution in [3.8, 4) is 0 Å². The molecule has 1 aromatic heterocycles. The number of aromatic nitrogens is 1. The van der Waals surface area contributed by atoms with Crippen LogP contribution in [0.15, 0.2) is 30.6 Å². The molecule has 1 heterocycles. The molecule has 0 amide bonds. The number of pyridine rings is 1. The van der Waals surface area contributed by atoms with Crippen molar-refractivity contribution >= 4 is 35.0 Å². The number of hydrogen-bond acceptors (Lipinski definition) is 3. The topological polar surface area (TPSA) is 53.4 Å². The van der Waals surface area contributed by atoms with Crippen LogP contribution in [0.5, 0.6) is 0 Å². The van der Waals surface area contributed by atoms with Crippen LogP contribution in [0.2, 0.25) is 5.02 Å². The molecule has 5 heteroatoms. The van der Waals surface area contributed by atoms with E-state index in [1.165, 1.54) is 6.20 Å². The first-order valence-electron chi connectivity index (χ1n) is 4.08. The van der Waals surface area contributed by atoms with Crippen LogP contribution in [0.4, 0.5) is 0 Å². The second kappa shape index (κ2) is 3.57. The van der Waals surface area contributed by atoms with Gasteiger partial charge in [0, 0.05) is 33.7 Å². The molecule has 2 aromatic rings. The number of fused-ring (bicyclic) bond motifs is 1. The van der Waals surface area contributed by atoms with Gasteiger partial charge in [0.05, 0.1) is 0 Å². The highest BCUT2D eigenvalue weighted by atomic mass is 35.5. The molecule has 0 saturated carbocycles. The first-order valence-corrected chi connectivity index (χ1v) is 4.46. The maximum atomic E-state index is 9.10. The van der Waals surface area contributed by atoms with E-state index in [1.54, 1.807) is 18.3 Å². The van der Waals surface area contributed by atoms with Crippen molar-refractivity contribution in [1.82, 2.24) is 4.98 Å². The Kier molecular flexibility index (Phi) is 2.41. The van der Waals surface area contributed by atoms with E-state index in [1.807, 2.05) is 6.07 Å². The smallest absolute Gasteiger partial charge is 0.423 e.